The normalized spacial score (nSPS) is 12.1. The van der Waals surface area contributed by atoms with Gasteiger partial charge in [0, 0.05) is 0 Å². The van der Waals surface area contributed by atoms with Crippen LogP contribution in [0.25, 0.3) is 0 Å². The zero-order valence-corrected chi connectivity index (χ0v) is 5.47. The van der Waals surface area contributed by atoms with E-state index in [-0.39, 0.29) is 5.88 Å². The molecule has 0 spiro atoms. The van der Waals surface area contributed by atoms with Gasteiger partial charge in [-0.3, -0.25) is 0 Å². The highest BCUT2D eigenvalue weighted by Gasteiger charge is 2.05. The molecule has 0 aromatic carbocycles. The zero-order valence-electron chi connectivity index (χ0n) is 4.71. The lowest BCUT2D eigenvalue weighted by Crippen LogP contribution is -2.15. The van der Waals surface area contributed by atoms with Gasteiger partial charge in [-0.2, -0.15) is 0 Å². The Kier molecular flexibility index (Phi) is 3.88. The summed E-state index contributed by atoms with van der Waals surface area (Å²) in [6.45, 7) is 3.31. The maximum absolute atomic E-state index is 9.80. The smallest absolute Gasteiger partial charge is 0.450 e. The summed E-state index contributed by atoms with van der Waals surface area (Å²) < 4.78 is 4.22. The number of rotatable bonds is 3. The summed E-state index contributed by atoms with van der Waals surface area (Å²) in [5.74, 6) is 0.107. The molecule has 52 valence electrons. The molecule has 0 heterocycles. The lowest BCUT2D eigenvalue weighted by molar-refractivity contribution is 0.0763. The monoisotopic (exact) mass is 150 g/mol. The van der Waals surface area contributed by atoms with E-state index in [9.17, 15) is 4.79 Å². The lowest BCUT2D eigenvalue weighted by atomic mass is 10.4. The average molecular weight is 151 g/mol. The van der Waals surface area contributed by atoms with Gasteiger partial charge in [-0.15, -0.1) is 11.6 Å². The van der Waals surface area contributed by atoms with Crippen molar-refractivity contribution in [2.75, 3.05) is 5.88 Å². The molecule has 0 aromatic rings. The van der Waals surface area contributed by atoms with Crippen LogP contribution in [0.5, 0.6) is 0 Å². The van der Waals surface area contributed by atoms with Crippen molar-refractivity contribution in [1.29, 1.82) is 0 Å². The van der Waals surface area contributed by atoms with Crippen LogP contribution in [-0.4, -0.2) is 23.2 Å². The van der Waals surface area contributed by atoms with E-state index in [1.165, 1.54) is 6.08 Å². The molecule has 3 nitrogen and oxygen atoms in total. The Hall–Kier alpha value is -0.700. The quantitative estimate of drug-likeness (QED) is 0.377. The molecular weight excluding hydrogens is 144 g/mol. The zero-order chi connectivity index (χ0) is 7.28. The Morgan fingerprint density at radius 3 is 2.67 bits per heavy atom. The molecule has 0 saturated heterocycles. The number of carboxylic acid groups (broad SMARTS) is 1. The Bertz CT molecular complexity index is 113. The fourth-order valence-electron chi connectivity index (χ4n) is 0.272. The summed E-state index contributed by atoms with van der Waals surface area (Å²) in [5.41, 5.74) is 0. The van der Waals surface area contributed by atoms with Gasteiger partial charge >= 0.3 is 6.16 Å². The van der Waals surface area contributed by atoms with Crippen LogP contribution in [0.15, 0.2) is 12.7 Å². The molecule has 0 rings (SSSR count). The van der Waals surface area contributed by atoms with E-state index in [4.69, 9.17) is 16.7 Å². The molecule has 0 radical (unpaired) electrons. The molecule has 9 heavy (non-hydrogen) atoms. The predicted molar refractivity (Wildman–Crippen MR) is 33.8 cm³/mol. The van der Waals surface area contributed by atoms with E-state index < -0.39 is 12.3 Å². The van der Waals surface area contributed by atoms with Gasteiger partial charge in [0.05, 0.1) is 5.88 Å². The molecule has 1 atom stereocenters. The summed E-state index contributed by atoms with van der Waals surface area (Å²) >= 11 is 5.25. The maximum Gasteiger partial charge on any atom is 0.506 e. The second-order valence-electron chi connectivity index (χ2n) is 1.31. The number of carbonyl (C=O) groups is 1. The second kappa shape index (κ2) is 4.21. The third kappa shape index (κ3) is 3.85. The molecule has 0 aliphatic carbocycles. The number of hydrogen-bond acceptors (Lipinski definition) is 2. The minimum atomic E-state index is -1.33. The fourth-order valence-corrected chi connectivity index (χ4v) is 0.461. The van der Waals surface area contributed by atoms with Gasteiger partial charge in [0.15, 0.2) is 0 Å². The molecule has 4 heteroatoms. The minimum absolute atomic E-state index is 0.107. The molecule has 1 unspecified atom stereocenters. The van der Waals surface area contributed by atoms with Crippen molar-refractivity contribution in [2.45, 2.75) is 6.10 Å². The SMILES string of the molecule is C=CC(CCl)OC(=O)O. The third-order valence-corrected chi connectivity index (χ3v) is 0.971. The molecular formula is C5H7ClO3. The molecule has 0 aromatic heterocycles. The highest BCUT2D eigenvalue weighted by molar-refractivity contribution is 6.18. The van der Waals surface area contributed by atoms with Crippen LogP contribution in [0.2, 0.25) is 0 Å². The Morgan fingerprint density at radius 1 is 2.00 bits per heavy atom. The Labute approximate surface area is 57.9 Å². The van der Waals surface area contributed by atoms with Crippen LogP contribution >= 0.6 is 11.6 Å². The summed E-state index contributed by atoms with van der Waals surface area (Å²) in [5, 5.41) is 8.02. The van der Waals surface area contributed by atoms with Crippen molar-refractivity contribution in [1.82, 2.24) is 0 Å². The van der Waals surface area contributed by atoms with Crippen molar-refractivity contribution in [3.63, 3.8) is 0 Å². The van der Waals surface area contributed by atoms with Gasteiger partial charge in [-0.1, -0.05) is 12.7 Å². The summed E-state index contributed by atoms with van der Waals surface area (Å²) in [6, 6.07) is 0. The van der Waals surface area contributed by atoms with Gasteiger partial charge < -0.3 is 9.84 Å². The average Bonchev–Trinajstić information content (AvgIpc) is 1.82. The van der Waals surface area contributed by atoms with Crippen LogP contribution in [0, 0.1) is 0 Å². The van der Waals surface area contributed by atoms with Gasteiger partial charge in [-0.25, -0.2) is 4.79 Å². The number of alkyl halides is 1. The van der Waals surface area contributed by atoms with E-state index in [2.05, 4.69) is 11.3 Å². The summed E-state index contributed by atoms with van der Waals surface area (Å²) in [4.78, 5) is 9.80. The van der Waals surface area contributed by atoms with Gasteiger partial charge in [-0.05, 0) is 0 Å². The van der Waals surface area contributed by atoms with Crippen molar-refractivity contribution in [2.24, 2.45) is 0 Å². The van der Waals surface area contributed by atoms with Gasteiger partial charge in [0.1, 0.15) is 6.10 Å². The van der Waals surface area contributed by atoms with Crippen LogP contribution in [-0.2, 0) is 4.74 Å². The molecule has 1 N–H and O–H groups in total. The minimum Gasteiger partial charge on any atom is -0.450 e. The van der Waals surface area contributed by atoms with E-state index >= 15 is 0 Å². The summed E-state index contributed by atoms with van der Waals surface area (Å²) in [6.07, 6.45) is -0.592. The predicted octanol–water partition coefficient (Wildman–Crippen LogP) is 1.47. The Balaban J connectivity index is 3.55. The van der Waals surface area contributed by atoms with Gasteiger partial charge in [0.2, 0.25) is 0 Å². The maximum atomic E-state index is 9.80. The van der Waals surface area contributed by atoms with E-state index in [0.29, 0.717) is 0 Å². The van der Waals surface area contributed by atoms with Crippen molar-refractivity contribution < 1.29 is 14.6 Å². The van der Waals surface area contributed by atoms with Crippen LogP contribution in [0.3, 0.4) is 0 Å². The largest absolute Gasteiger partial charge is 0.506 e. The lowest BCUT2D eigenvalue weighted by Gasteiger charge is -2.05. The number of ether oxygens (including phenoxy) is 1. The van der Waals surface area contributed by atoms with E-state index in [1.54, 1.807) is 0 Å². The molecule has 0 aliphatic rings. The molecule has 0 aliphatic heterocycles. The number of halogens is 1. The standard InChI is InChI=1S/C5H7ClO3/c1-2-4(3-6)9-5(7)8/h2,4H,1,3H2,(H,7,8). The molecule has 0 bridgehead atoms. The Morgan fingerprint density at radius 2 is 2.56 bits per heavy atom. The first kappa shape index (κ1) is 8.30. The van der Waals surface area contributed by atoms with Crippen molar-refractivity contribution >= 4 is 17.8 Å². The topological polar surface area (TPSA) is 46.5 Å². The van der Waals surface area contributed by atoms with E-state index in [1.807, 2.05) is 0 Å². The molecule has 0 amide bonds. The van der Waals surface area contributed by atoms with Crippen LogP contribution in [0.1, 0.15) is 0 Å². The number of hydrogen-bond donors (Lipinski definition) is 1. The van der Waals surface area contributed by atoms with E-state index in [0.717, 1.165) is 0 Å². The fraction of sp³-hybridized carbons (Fsp3) is 0.400. The summed E-state index contributed by atoms with van der Waals surface area (Å²) in [7, 11) is 0. The highest BCUT2D eigenvalue weighted by Crippen LogP contribution is 1.95. The highest BCUT2D eigenvalue weighted by atomic mass is 35.5. The molecule has 0 fully saturated rings. The van der Waals surface area contributed by atoms with Crippen molar-refractivity contribution in [3.05, 3.63) is 12.7 Å². The third-order valence-electron chi connectivity index (χ3n) is 0.667. The van der Waals surface area contributed by atoms with Gasteiger partial charge in [0.25, 0.3) is 0 Å². The first-order valence-electron chi connectivity index (χ1n) is 2.28. The van der Waals surface area contributed by atoms with Crippen LogP contribution < -0.4 is 0 Å². The first-order valence-corrected chi connectivity index (χ1v) is 2.82. The van der Waals surface area contributed by atoms with Crippen molar-refractivity contribution in [3.8, 4) is 0 Å². The second-order valence-corrected chi connectivity index (χ2v) is 1.62. The first-order chi connectivity index (χ1) is 4.20. The van der Waals surface area contributed by atoms with Crippen LogP contribution in [0.4, 0.5) is 4.79 Å². The molecule has 0 saturated carbocycles.